The van der Waals surface area contributed by atoms with E-state index in [1.165, 1.54) is 12.8 Å². The summed E-state index contributed by atoms with van der Waals surface area (Å²) >= 11 is 0. The van der Waals surface area contributed by atoms with Crippen molar-refractivity contribution >= 4 is 29.9 Å². The zero-order valence-corrected chi connectivity index (χ0v) is 20.5. The third kappa shape index (κ3) is 7.95. The van der Waals surface area contributed by atoms with Crippen molar-refractivity contribution in [1.29, 1.82) is 0 Å². The van der Waals surface area contributed by atoms with Gasteiger partial charge >= 0.3 is 0 Å². The van der Waals surface area contributed by atoms with E-state index in [1.54, 1.807) is 0 Å². The topological polar surface area (TPSA) is 66.3 Å². The van der Waals surface area contributed by atoms with Crippen LogP contribution in [0.4, 0.5) is 0 Å². The minimum absolute atomic E-state index is 0. The van der Waals surface area contributed by atoms with Gasteiger partial charge in [0.2, 0.25) is 0 Å². The smallest absolute Gasteiger partial charge is 0.193 e. The van der Waals surface area contributed by atoms with Crippen LogP contribution in [-0.4, -0.2) is 74.2 Å². The standard InChI is InChI=1S/C21H41N3O3.HI/c1-4-21(5-2,17-25)16-23-20(22-6-3)24-12-10-18(11-13-24)27-15-19-9-7-8-14-26-19;/h18-19,25H,4-17H2,1-3H3,(H,22,23);1H. The second kappa shape index (κ2) is 14.0. The molecule has 7 heteroatoms. The number of likely N-dealkylation sites (tertiary alicyclic amines) is 1. The molecular weight excluding hydrogens is 469 g/mol. The molecule has 2 aliphatic heterocycles. The highest BCUT2D eigenvalue weighted by Gasteiger charge is 2.27. The number of nitrogens with zero attached hydrogens (tertiary/aromatic N) is 2. The Hall–Kier alpha value is -0.120. The van der Waals surface area contributed by atoms with Crippen molar-refractivity contribution in [1.82, 2.24) is 10.2 Å². The summed E-state index contributed by atoms with van der Waals surface area (Å²) in [6.07, 6.45) is 8.17. The zero-order chi connectivity index (χ0) is 19.5. The maximum absolute atomic E-state index is 9.80. The quantitative estimate of drug-likeness (QED) is 0.282. The average Bonchev–Trinajstić information content (AvgIpc) is 2.74. The lowest BCUT2D eigenvalue weighted by molar-refractivity contribution is -0.0721. The molecule has 2 rings (SSSR count). The highest BCUT2D eigenvalue weighted by molar-refractivity contribution is 14.0. The second-order valence-corrected chi connectivity index (χ2v) is 8.04. The minimum Gasteiger partial charge on any atom is -0.396 e. The number of aliphatic hydroxyl groups excluding tert-OH is 1. The van der Waals surface area contributed by atoms with Gasteiger partial charge in [-0.05, 0) is 51.9 Å². The van der Waals surface area contributed by atoms with Crippen molar-refractivity contribution in [3.8, 4) is 0 Å². The van der Waals surface area contributed by atoms with Crippen LogP contribution in [0.2, 0.25) is 0 Å². The summed E-state index contributed by atoms with van der Waals surface area (Å²) in [4.78, 5) is 7.22. The van der Waals surface area contributed by atoms with E-state index in [0.717, 1.165) is 70.9 Å². The average molecular weight is 511 g/mol. The summed E-state index contributed by atoms with van der Waals surface area (Å²) < 4.78 is 11.9. The van der Waals surface area contributed by atoms with Crippen LogP contribution in [0.25, 0.3) is 0 Å². The fraction of sp³-hybridized carbons (Fsp3) is 0.952. The van der Waals surface area contributed by atoms with Gasteiger partial charge in [0.25, 0.3) is 0 Å². The van der Waals surface area contributed by atoms with Crippen molar-refractivity contribution in [2.24, 2.45) is 10.4 Å². The normalized spacial score (nSPS) is 22.1. The third-order valence-electron chi connectivity index (χ3n) is 6.27. The van der Waals surface area contributed by atoms with E-state index in [1.807, 2.05) is 0 Å². The van der Waals surface area contributed by atoms with Crippen LogP contribution < -0.4 is 5.32 Å². The molecule has 0 aromatic carbocycles. The molecule has 1 unspecified atom stereocenters. The van der Waals surface area contributed by atoms with Crippen LogP contribution in [0.15, 0.2) is 4.99 Å². The van der Waals surface area contributed by atoms with Gasteiger partial charge in [-0.1, -0.05) is 13.8 Å². The molecule has 0 aliphatic carbocycles. The number of rotatable bonds is 9. The van der Waals surface area contributed by atoms with Gasteiger partial charge in [0.15, 0.2) is 5.96 Å². The van der Waals surface area contributed by atoms with E-state index in [2.05, 4.69) is 31.0 Å². The Bertz CT molecular complexity index is 424. The summed E-state index contributed by atoms with van der Waals surface area (Å²) in [5.41, 5.74) is -0.0951. The predicted molar refractivity (Wildman–Crippen MR) is 126 cm³/mol. The van der Waals surface area contributed by atoms with Gasteiger partial charge in [-0.15, -0.1) is 24.0 Å². The molecule has 0 spiro atoms. The number of hydrogen-bond donors (Lipinski definition) is 2. The molecule has 28 heavy (non-hydrogen) atoms. The van der Waals surface area contributed by atoms with Gasteiger partial charge in [0.1, 0.15) is 0 Å². The first kappa shape index (κ1) is 25.9. The Kier molecular flexibility index (Phi) is 12.9. The van der Waals surface area contributed by atoms with E-state index < -0.39 is 0 Å². The van der Waals surface area contributed by atoms with Gasteiger partial charge < -0.3 is 24.8 Å². The zero-order valence-electron chi connectivity index (χ0n) is 18.1. The third-order valence-corrected chi connectivity index (χ3v) is 6.27. The molecule has 2 N–H and O–H groups in total. The van der Waals surface area contributed by atoms with E-state index in [0.29, 0.717) is 18.8 Å². The summed E-state index contributed by atoms with van der Waals surface area (Å²) in [6, 6.07) is 0. The fourth-order valence-electron chi connectivity index (χ4n) is 3.83. The van der Waals surface area contributed by atoms with E-state index in [4.69, 9.17) is 14.5 Å². The maximum Gasteiger partial charge on any atom is 0.193 e. The number of aliphatic hydroxyl groups is 1. The fourth-order valence-corrected chi connectivity index (χ4v) is 3.83. The number of halogens is 1. The van der Waals surface area contributed by atoms with Gasteiger partial charge in [-0.25, -0.2) is 0 Å². The molecule has 1 atom stereocenters. The van der Waals surface area contributed by atoms with Crippen molar-refractivity contribution in [2.75, 3.05) is 46.0 Å². The molecule has 2 heterocycles. The molecule has 166 valence electrons. The maximum atomic E-state index is 9.80. The van der Waals surface area contributed by atoms with Crippen molar-refractivity contribution in [2.45, 2.75) is 77.9 Å². The number of ether oxygens (including phenoxy) is 2. The lowest BCUT2D eigenvalue weighted by Gasteiger charge is -2.36. The highest BCUT2D eigenvalue weighted by Crippen LogP contribution is 2.26. The first-order valence-electron chi connectivity index (χ1n) is 11.0. The Balaban J connectivity index is 0.00000392. The lowest BCUT2D eigenvalue weighted by Crippen LogP contribution is -2.47. The van der Waals surface area contributed by atoms with Crippen LogP contribution >= 0.6 is 24.0 Å². The Morgan fingerprint density at radius 1 is 1.18 bits per heavy atom. The number of guanidine groups is 1. The molecule has 6 nitrogen and oxygen atoms in total. The summed E-state index contributed by atoms with van der Waals surface area (Å²) in [5, 5.41) is 13.2. The first-order chi connectivity index (χ1) is 13.2. The van der Waals surface area contributed by atoms with E-state index in [9.17, 15) is 5.11 Å². The van der Waals surface area contributed by atoms with Gasteiger partial charge in [0.05, 0.1) is 32.0 Å². The molecule has 2 saturated heterocycles. The van der Waals surface area contributed by atoms with Gasteiger partial charge in [0, 0.05) is 31.7 Å². The number of hydrogen-bond acceptors (Lipinski definition) is 4. The van der Waals surface area contributed by atoms with Crippen LogP contribution in [-0.2, 0) is 9.47 Å². The van der Waals surface area contributed by atoms with Crippen molar-refractivity contribution in [3.05, 3.63) is 0 Å². The van der Waals surface area contributed by atoms with Gasteiger partial charge in [-0.2, -0.15) is 0 Å². The molecule has 0 saturated carbocycles. The largest absolute Gasteiger partial charge is 0.396 e. The molecule has 0 radical (unpaired) electrons. The highest BCUT2D eigenvalue weighted by atomic mass is 127. The van der Waals surface area contributed by atoms with Crippen molar-refractivity contribution < 1.29 is 14.6 Å². The number of aliphatic imine (C=N–C) groups is 1. The second-order valence-electron chi connectivity index (χ2n) is 8.04. The van der Waals surface area contributed by atoms with Gasteiger partial charge in [-0.3, -0.25) is 4.99 Å². The SMILES string of the molecule is CCNC(=NCC(CC)(CC)CO)N1CCC(OCC2CCCCO2)CC1.I. The number of nitrogens with one attached hydrogen (secondary N) is 1. The summed E-state index contributed by atoms with van der Waals surface area (Å²) in [7, 11) is 0. The predicted octanol–water partition coefficient (Wildman–Crippen LogP) is 3.42. The first-order valence-corrected chi connectivity index (χ1v) is 11.0. The van der Waals surface area contributed by atoms with E-state index in [-0.39, 0.29) is 36.0 Å². The van der Waals surface area contributed by atoms with Crippen molar-refractivity contribution in [3.63, 3.8) is 0 Å². The van der Waals surface area contributed by atoms with E-state index >= 15 is 0 Å². The van der Waals surface area contributed by atoms with Crippen LogP contribution in [0.1, 0.15) is 65.7 Å². The summed E-state index contributed by atoms with van der Waals surface area (Å²) in [6.45, 7) is 11.7. The molecular formula is C21H42IN3O3. The molecule has 2 aliphatic rings. The molecule has 0 aromatic rings. The molecule has 0 bridgehead atoms. The molecule has 0 amide bonds. The summed E-state index contributed by atoms with van der Waals surface area (Å²) in [5.74, 6) is 0.978. The van der Waals surface area contributed by atoms with Crippen LogP contribution in [0.3, 0.4) is 0 Å². The number of piperidine rings is 1. The Labute approximate surface area is 188 Å². The molecule has 2 fully saturated rings. The van der Waals surface area contributed by atoms with Crippen LogP contribution in [0.5, 0.6) is 0 Å². The lowest BCUT2D eigenvalue weighted by atomic mass is 9.83. The Morgan fingerprint density at radius 3 is 2.43 bits per heavy atom. The van der Waals surface area contributed by atoms with Crippen LogP contribution in [0, 0.1) is 5.41 Å². The minimum atomic E-state index is -0.0951. The monoisotopic (exact) mass is 511 g/mol. The Morgan fingerprint density at radius 2 is 1.89 bits per heavy atom. The molecule has 0 aromatic heterocycles.